The highest BCUT2D eigenvalue weighted by atomic mass is 32.1. The molecule has 0 amide bonds. The number of hydrogen-bond acceptors (Lipinski definition) is 5. The van der Waals surface area contributed by atoms with Gasteiger partial charge in [-0.1, -0.05) is 0 Å². The number of hydrogen-bond donors (Lipinski definition) is 1. The number of rotatable bonds is 3. The summed E-state index contributed by atoms with van der Waals surface area (Å²) in [7, 11) is 0. The summed E-state index contributed by atoms with van der Waals surface area (Å²) in [6.07, 6.45) is 0. The summed E-state index contributed by atoms with van der Waals surface area (Å²) in [4.78, 5) is 16.7. The molecule has 0 aliphatic heterocycles. The summed E-state index contributed by atoms with van der Waals surface area (Å²) in [6.45, 7) is 4.16. The van der Waals surface area contributed by atoms with Gasteiger partial charge in [0, 0.05) is 4.88 Å². The molecule has 17 heavy (non-hydrogen) atoms. The molecule has 0 aliphatic rings. The van der Waals surface area contributed by atoms with Crippen LogP contribution in [0.4, 0.5) is 0 Å². The first-order valence-corrected chi connectivity index (χ1v) is 7.18. The van der Waals surface area contributed by atoms with Crippen LogP contribution in [0.25, 0.3) is 9.75 Å². The van der Waals surface area contributed by atoms with E-state index in [9.17, 15) is 4.79 Å². The number of aromatic nitrogens is 1. The van der Waals surface area contributed by atoms with E-state index in [0.717, 1.165) is 15.3 Å². The summed E-state index contributed by atoms with van der Waals surface area (Å²) in [5.74, 6) is -0.345. The van der Waals surface area contributed by atoms with Crippen LogP contribution in [-0.2, 0) is 4.74 Å². The van der Waals surface area contributed by atoms with Gasteiger partial charge in [0.05, 0.1) is 11.5 Å². The molecule has 0 atom stereocenters. The Bertz CT molecular complexity index is 594. The van der Waals surface area contributed by atoms with Gasteiger partial charge in [-0.15, -0.1) is 22.7 Å². The lowest BCUT2D eigenvalue weighted by Crippen LogP contribution is -2.06. The van der Waals surface area contributed by atoms with E-state index in [-0.39, 0.29) is 5.97 Å². The van der Waals surface area contributed by atoms with Gasteiger partial charge in [0.25, 0.3) is 0 Å². The first-order chi connectivity index (χ1) is 8.13. The van der Waals surface area contributed by atoms with Crippen molar-refractivity contribution >= 4 is 40.9 Å². The fraction of sp³-hybridized carbons (Fsp3) is 0.273. The summed E-state index contributed by atoms with van der Waals surface area (Å²) in [6, 6.07) is 2.03. The molecular formula is C11H11NO2S3. The summed E-state index contributed by atoms with van der Waals surface area (Å²) in [5, 5.41) is 2.00. The maximum absolute atomic E-state index is 11.8. The number of carbonyl (C=O) groups is 1. The van der Waals surface area contributed by atoms with E-state index >= 15 is 0 Å². The van der Waals surface area contributed by atoms with Gasteiger partial charge in [0.1, 0.15) is 5.69 Å². The van der Waals surface area contributed by atoms with Gasteiger partial charge < -0.3 is 9.72 Å². The molecule has 3 nitrogen and oxygen atoms in total. The molecular weight excluding hydrogens is 274 g/mol. The number of thiazole rings is 1. The second kappa shape index (κ2) is 5.12. The Morgan fingerprint density at radius 3 is 2.88 bits per heavy atom. The van der Waals surface area contributed by atoms with E-state index in [0.29, 0.717) is 16.3 Å². The predicted molar refractivity (Wildman–Crippen MR) is 73.5 cm³/mol. The van der Waals surface area contributed by atoms with Crippen LogP contribution in [-0.4, -0.2) is 17.6 Å². The maximum Gasteiger partial charge on any atom is 0.356 e. The van der Waals surface area contributed by atoms with Crippen LogP contribution in [0.1, 0.15) is 23.0 Å². The Morgan fingerprint density at radius 1 is 1.53 bits per heavy atom. The number of esters is 1. The molecule has 0 fully saturated rings. The van der Waals surface area contributed by atoms with Crippen molar-refractivity contribution < 1.29 is 9.53 Å². The average molecular weight is 285 g/mol. The molecule has 2 aromatic rings. The molecule has 0 radical (unpaired) electrons. The topological polar surface area (TPSA) is 42.1 Å². The smallest absolute Gasteiger partial charge is 0.356 e. The van der Waals surface area contributed by atoms with Crippen molar-refractivity contribution in [1.82, 2.24) is 4.98 Å². The van der Waals surface area contributed by atoms with Crippen molar-refractivity contribution in [3.8, 4) is 9.75 Å². The SMILES string of the molecule is CCOC(=O)c1[nH]c(=S)sc1-c1sccc1C. The second-order valence-electron chi connectivity index (χ2n) is 3.37. The molecule has 90 valence electrons. The van der Waals surface area contributed by atoms with Gasteiger partial charge in [-0.25, -0.2) is 4.79 Å². The van der Waals surface area contributed by atoms with Crippen LogP contribution >= 0.6 is 34.9 Å². The summed E-state index contributed by atoms with van der Waals surface area (Å²) < 4.78 is 5.61. The fourth-order valence-corrected chi connectivity index (χ4v) is 3.76. The van der Waals surface area contributed by atoms with E-state index in [1.165, 1.54) is 11.3 Å². The first kappa shape index (κ1) is 12.5. The number of aryl methyl sites for hydroxylation is 1. The Balaban J connectivity index is 2.52. The molecule has 0 aromatic carbocycles. The zero-order valence-corrected chi connectivity index (χ0v) is 11.9. The third-order valence-corrected chi connectivity index (χ3v) is 4.61. The average Bonchev–Trinajstić information content (AvgIpc) is 2.84. The van der Waals surface area contributed by atoms with Crippen molar-refractivity contribution in [2.75, 3.05) is 6.61 Å². The van der Waals surface area contributed by atoms with Gasteiger partial charge in [-0.05, 0) is 43.1 Å². The molecule has 2 rings (SSSR count). The van der Waals surface area contributed by atoms with Crippen molar-refractivity contribution in [1.29, 1.82) is 0 Å². The Labute approximate surface area is 112 Å². The van der Waals surface area contributed by atoms with E-state index < -0.39 is 0 Å². The number of aromatic amines is 1. The van der Waals surface area contributed by atoms with Crippen LogP contribution in [0, 0.1) is 10.9 Å². The highest BCUT2D eigenvalue weighted by Crippen LogP contribution is 2.35. The second-order valence-corrected chi connectivity index (χ2v) is 5.98. The minimum atomic E-state index is -0.345. The lowest BCUT2D eigenvalue weighted by Gasteiger charge is -2.02. The minimum Gasteiger partial charge on any atom is -0.461 e. The van der Waals surface area contributed by atoms with Crippen LogP contribution in [0.2, 0.25) is 0 Å². The Kier molecular flexibility index (Phi) is 3.76. The van der Waals surface area contributed by atoms with E-state index in [4.69, 9.17) is 17.0 Å². The Morgan fingerprint density at radius 2 is 2.29 bits per heavy atom. The third-order valence-electron chi connectivity index (χ3n) is 2.20. The lowest BCUT2D eigenvalue weighted by molar-refractivity contribution is 0.0521. The number of thiophene rings is 1. The minimum absolute atomic E-state index is 0.345. The van der Waals surface area contributed by atoms with Gasteiger partial charge in [0.15, 0.2) is 3.95 Å². The summed E-state index contributed by atoms with van der Waals surface area (Å²) in [5.41, 5.74) is 1.61. The molecule has 6 heteroatoms. The maximum atomic E-state index is 11.8. The van der Waals surface area contributed by atoms with E-state index in [1.54, 1.807) is 18.3 Å². The predicted octanol–water partition coefficient (Wildman–Crippen LogP) is 4.02. The monoisotopic (exact) mass is 285 g/mol. The van der Waals surface area contributed by atoms with Crippen LogP contribution in [0.15, 0.2) is 11.4 Å². The number of nitrogens with one attached hydrogen (secondary N) is 1. The number of H-pyrrole nitrogens is 1. The van der Waals surface area contributed by atoms with Crippen molar-refractivity contribution in [2.24, 2.45) is 0 Å². The lowest BCUT2D eigenvalue weighted by atomic mass is 10.2. The first-order valence-electron chi connectivity index (χ1n) is 5.08. The standard InChI is InChI=1S/C11H11NO2S3/c1-3-14-10(13)7-9(17-11(15)12-7)8-6(2)4-5-16-8/h4-5H,3H2,1-2H3,(H,12,15). The highest BCUT2D eigenvalue weighted by Gasteiger charge is 2.19. The molecule has 1 N–H and O–H groups in total. The molecule has 0 bridgehead atoms. The molecule has 0 spiro atoms. The van der Waals surface area contributed by atoms with Crippen LogP contribution < -0.4 is 0 Å². The van der Waals surface area contributed by atoms with Gasteiger partial charge in [-0.2, -0.15) is 0 Å². The van der Waals surface area contributed by atoms with E-state index in [1.807, 2.05) is 18.4 Å². The Hall–Kier alpha value is -0.980. The van der Waals surface area contributed by atoms with Crippen molar-refractivity contribution in [2.45, 2.75) is 13.8 Å². The van der Waals surface area contributed by atoms with Crippen LogP contribution in [0.3, 0.4) is 0 Å². The molecule has 2 aromatic heterocycles. The number of carbonyl (C=O) groups excluding carboxylic acids is 1. The highest BCUT2D eigenvalue weighted by molar-refractivity contribution is 7.73. The zero-order valence-electron chi connectivity index (χ0n) is 9.40. The van der Waals surface area contributed by atoms with Crippen molar-refractivity contribution in [3.05, 3.63) is 26.7 Å². The molecule has 0 aliphatic carbocycles. The number of ether oxygens (including phenoxy) is 1. The van der Waals surface area contributed by atoms with E-state index in [2.05, 4.69) is 4.98 Å². The normalized spacial score (nSPS) is 10.5. The summed E-state index contributed by atoms with van der Waals surface area (Å²) >= 11 is 8.11. The molecule has 0 saturated carbocycles. The van der Waals surface area contributed by atoms with Crippen molar-refractivity contribution in [3.63, 3.8) is 0 Å². The molecule has 0 unspecified atom stereocenters. The molecule has 0 saturated heterocycles. The quantitative estimate of drug-likeness (QED) is 0.684. The largest absolute Gasteiger partial charge is 0.461 e. The zero-order chi connectivity index (χ0) is 12.4. The van der Waals surface area contributed by atoms with Crippen LogP contribution in [0.5, 0.6) is 0 Å². The third kappa shape index (κ3) is 2.48. The fourth-order valence-electron chi connectivity index (χ4n) is 1.44. The van der Waals surface area contributed by atoms with Gasteiger partial charge >= 0.3 is 5.97 Å². The van der Waals surface area contributed by atoms with Gasteiger partial charge in [0.2, 0.25) is 0 Å². The van der Waals surface area contributed by atoms with Gasteiger partial charge in [-0.3, -0.25) is 0 Å². The molecule has 2 heterocycles.